The molecule has 0 unspecified atom stereocenters. The summed E-state index contributed by atoms with van der Waals surface area (Å²) in [6.07, 6.45) is 2.25. The molecule has 7 heteroatoms. The molecule has 5 nitrogen and oxygen atoms in total. The van der Waals surface area contributed by atoms with E-state index < -0.39 is 10.0 Å². The maximum absolute atomic E-state index is 12.7. The molecule has 1 aromatic carbocycles. The van der Waals surface area contributed by atoms with Gasteiger partial charge in [0.1, 0.15) is 21.6 Å². The predicted octanol–water partition coefficient (Wildman–Crippen LogP) is 3.45. The molecule has 0 N–H and O–H groups in total. The lowest BCUT2D eigenvalue weighted by molar-refractivity contribution is 0.218. The van der Waals surface area contributed by atoms with Crippen molar-refractivity contribution >= 4 is 32.3 Å². The van der Waals surface area contributed by atoms with Gasteiger partial charge in [-0.15, -0.1) is 11.3 Å². The van der Waals surface area contributed by atoms with E-state index in [1.54, 1.807) is 12.3 Å². The number of para-hydroxylation sites is 1. The van der Waals surface area contributed by atoms with E-state index in [9.17, 15) is 8.42 Å². The lowest BCUT2D eigenvalue weighted by Gasteiger charge is -2.17. The summed E-state index contributed by atoms with van der Waals surface area (Å²) in [5, 5.41) is 1.01. The van der Waals surface area contributed by atoms with Crippen molar-refractivity contribution in [2.75, 3.05) is 13.1 Å². The molecule has 1 saturated heterocycles. The average molecular weight is 374 g/mol. The van der Waals surface area contributed by atoms with Crippen LogP contribution in [0, 0.1) is 6.92 Å². The Morgan fingerprint density at radius 1 is 1.20 bits per heavy atom. The van der Waals surface area contributed by atoms with E-state index in [1.165, 1.54) is 15.6 Å². The molecule has 1 atom stereocenters. The van der Waals surface area contributed by atoms with Crippen LogP contribution in [0.4, 0.5) is 0 Å². The van der Waals surface area contributed by atoms with Crippen molar-refractivity contribution in [2.24, 2.45) is 0 Å². The maximum Gasteiger partial charge on any atom is 0.252 e. The fourth-order valence-corrected chi connectivity index (χ4v) is 5.97. The Bertz CT molecular complexity index is 1010. The predicted molar refractivity (Wildman–Crippen MR) is 98.6 cm³/mol. The second kappa shape index (κ2) is 6.40. The summed E-state index contributed by atoms with van der Waals surface area (Å²) in [5.74, 6) is 0.703. The van der Waals surface area contributed by atoms with Crippen LogP contribution >= 0.6 is 11.3 Å². The Labute approximate surface area is 150 Å². The van der Waals surface area contributed by atoms with Crippen LogP contribution in [-0.4, -0.2) is 36.9 Å². The van der Waals surface area contributed by atoms with E-state index in [2.05, 4.69) is 4.98 Å². The number of rotatable bonds is 4. The highest BCUT2D eigenvalue weighted by Gasteiger charge is 2.34. The third-order valence-electron chi connectivity index (χ3n) is 4.31. The van der Waals surface area contributed by atoms with E-state index >= 15 is 0 Å². The molecule has 1 aliphatic rings. The number of hydrogen-bond donors (Lipinski definition) is 0. The van der Waals surface area contributed by atoms with Crippen molar-refractivity contribution in [3.63, 3.8) is 0 Å². The van der Waals surface area contributed by atoms with E-state index in [-0.39, 0.29) is 6.10 Å². The molecular formula is C18H18N2O3S2. The number of pyridine rings is 1. The van der Waals surface area contributed by atoms with Gasteiger partial charge in [0.25, 0.3) is 10.0 Å². The third kappa shape index (κ3) is 3.15. The fourth-order valence-electron chi connectivity index (χ4n) is 3.04. The number of benzene rings is 1. The highest BCUT2D eigenvalue weighted by Crippen LogP contribution is 2.30. The van der Waals surface area contributed by atoms with Crippen LogP contribution in [0.2, 0.25) is 0 Å². The van der Waals surface area contributed by atoms with Gasteiger partial charge in [0.05, 0.1) is 6.54 Å². The first kappa shape index (κ1) is 16.5. The van der Waals surface area contributed by atoms with Gasteiger partial charge >= 0.3 is 0 Å². The Balaban J connectivity index is 1.53. The van der Waals surface area contributed by atoms with Gasteiger partial charge in [0, 0.05) is 23.0 Å². The highest BCUT2D eigenvalue weighted by molar-refractivity contribution is 7.91. The summed E-state index contributed by atoms with van der Waals surface area (Å²) < 4.78 is 33.5. The Morgan fingerprint density at radius 3 is 2.84 bits per heavy atom. The standard InChI is InChI=1S/C18H18N2O3S2/c1-13-7-8-17(24-13)25(21,22)20-11-9-15(12-20)23-16-6-2-4-14-5-3-10-19-18(14)16/h2-8,10,15H,9,11-12H2,1H3/t15-/m1/s1. The van der Waals surface area contributed by atoms with E-state index in [0.29, 0.717) is 29.5 Å². The monoisotopic (exact) mass is 374 g/mol. The highest BCUT2D eigenvalue weighted by atomic mass is 32.2. The van der Waals surface area contributed by atoms with Crippen LogP contribution < -0.4 is 4.74 Å². The molecule has 4 rings (SSSR count). The number of thiophene rings is 1. The van der Waals surface area contributed by atoms with Crippen molar-refractivity contribution in [2.45, 2.75) is 23.7 Å². The molecular weight excluding hydrogens is 356 g/mol. The number of ether oxygens (including phenoxy) is 1. The topological polar surface area (TPSA) is 59.5 Å². The Kier molecular flexibility index (Phi) is 4.23. The summed E-state index contributed by atoms with van der Waals surface area (Å²) in [5.41, 5.74) is 0.806. The van der Waals surface area contributed by atoms with E-state index in [0.717, 1.165) is 15.8 Å². The Morgan fingerprint density at radius 2 is 2.04 bits per heavy atom. The minimum atomic E-state index is -3.43. The van der Waals surface area contributed by atoms with Crippen molar-refractivity contribution in [1.29, 1.82) is 0 Å². The summed E-state index contributed by atoms with van der Waals surface area (Å²) in [6.45, 7) is 2.75. The summed E-state index contributed by atoms with van der Waals surface area (Å²) >= 11 is 1.31. The molecule has 3 heterocycles. The molecule has 3 aromatic rings. The van der Waals surface area contributed by atoms with Crippen molar-refractivity contribution in [1.82, 2.24) is 9.29 Å². The number of aryl methyl sites for hydroxylation is 1. The van der Waals surface area contributed by atoms with Crippen LogP contribution in [0.3, 0.4) is 0 Å². The van der Waals surface area contributed by atoms with Gasteiger partial charge in [-0.2, -0.15) is 4.31 Å². The van der Waals surface area contributed by atoms with Crippen LogP contribution in [-0.2, 0) is 10.0 Å². The Hall–Kier alpha value is -1.96. The molecule has 25 heavy (non-hydrogen) atoms. The van der Waals surface area contributed by atoms with E-state index in [1.807, 2.05) is 43.3 Å². The molecule has 0 spiro atoms. The first-order chi connectivity index (χ1) is 12.0. The minimum Gasteiger partial charge on any atom is -0.487 e. The van der Waals surface area contributed by atoms with Gasteiger partial charge in [-0.3, -0.25) is 4.98 Å². The van der Waals surface area contributed by atoms with Crippen LogP contribution in [0.25, 0.3) is 10.9 Å². The second-order valence-electron chi connectivity index (χ2n) is 6.09. The third-order valence-corrected chi connectivity index (χ3v) is 7.64. The van der Waals surface area contributed by atoms with Gasteiger partial charge in [-0.1, -0.05) is 18.2 Å². The lowest BCUT2D eigenvalue weighted by atomic mass is 10.2. The van der Waals surface area contributed by atoms with Crippen molar-refractivity contribution in [3.05, 3.63) is 53.5 Å². The minimum absolute atomic E-state index is 0.163. The largest absolute Gasteiger partial charge is 0.487 e. The first-order valence-electron chi connectivity index (χ1n) is 8.11. The average Bonchev–Trinajstić information content (AvgIpc) is 3.25. The summed E-state index contributed by atoms with van der Waals surface area (Å²) in [7, 11) is -3.43. The summed E-state index contributed by atoms with van der Waals surface area (Å²) in [6, 6.07) is 13.2. The molecule has 1 fully saturated rings. The molecule has 0 radical (unpaired) electrons. The normalized spacial score (nSPS) is 18.7. The number of sulfonamides is 1. The van der Waals surface area contributed by atoms with E-state index in [4.69, 9.17) is 4.74 Å². The lowest BCUT2D eigenvalue weighted by Crippen LogP contribution is -2.30. The van der Waals surface area contributed by atoms with Crippen LogP contribution in [0.15, 0.2) is 52.9 Å². The quantitative estimate of drug-likeness (QED) is 0.702. The molecule has 0 bridgehead atoms. The molecule has 0 saturated carbocycles. The van der Waals surface area contributed by atoms with Crippen LogP contribution in [0.1, 0.15) is 11.3 Å². The van der Waals surface area contributed by atoms with Gasteiger partial charge in [-0.25, -0.2) is 8.42 Å². The zero-order valence-corrected chi connectivity index (χ0v) is 15.4. The van der Waals surface area contributed by atoms with Gasteiger partial charge in [0.15, 0.2) is 0 Å². The smallest absolute Gasteiger partial charge is 0.252 e. The van der Waals surface area contributed by atoms with Gasteiger partial charge in [-0.05, 0) is 37.6 Å². The molecule has 2 aromatic heterocycles. The summed E-state index contributed by atoms with van der Waals surface area (Å²) in [4.78, 5) is 5.38. The zero-order chi connectivity index (χ0) is 17.4. The second-order valence-corrected chi connectivity index (χ2v) is 9.54. The number of aromatic nitrogens is 1. The van der Waals surface area contributed by atoms with Crippen molar-refractivity contribution in [3.8, 4) is 5.75 Å². The molecule has 1 aliphatic heterocycles. The molecule has 0 amide bonds. The van der Waals surface area contributed by atoms with Crippen LogP contribution in [0.5, 0.6) is 5.75 Å². The van der Waals surface area contributed by atoms with Gasteiger partial charge < -0.3 is 4.74 Å². The fraction of sp³-hybridized carbons (Fsp3) is 0.278. The molecule has 0 aliphatic carbocycles. The van der Waals surface area contributed by atoms with Gasteiger partial charge in [0.2, 0.25) is 0 Å². The van der Waals surface area contributed by atoms with Crippen molar-refractivity contribution < 1.29 is 13.2 Å². The first-order valence-corrected chi connectivity index (χ1v) is 10.4. The maximum atomic E-state index is 12.7. The molecule has 130 valence electrons. The number of nitrogens with zero attached hydrogens (tertiary/aromatic N) is 2. The SMILES string of the molecule is Cc1ccc(S(=O)(=O)N2CC[C@@H](Oc3cccc4cccnc34)C2)s1. The number of hydrogen-bond acceptors (Lipinski definition) is 5. The zero-order valence-electron chi connectivity index (χ0n) is 13.8. The number of fused-ring (bicyclic) bond motifs is 1.